The maximum Gasteiger partial charge on any atom is 0.327 e. The zero-order chi connectivity index (χ0) is 9.90. The Morgan fingerprint density at radius 2 is 1.77 bits per heavy atom. The van der Waals surface area contributed by atoms with Crippen LogP contribution in [-0.4, -0.2) is 30.1 Å². The third kappa shape index (κ3) is 2.71. The van der Waals surface area contributed by atoms with Crippen molar-refractivity contribution in [1.82, 2.24) is 0 Å². The number of hydrogen-bond acceptors (Lipinski definition) is 2. The molecule has 76 valence electrons. The highest BCUT2D eigenvalue weighted by Gasteiger charge is 2.34. The summed E-state index contributed by atoms with van der Waals surface area (Å²) in [7, 11) is 3.98. The first-order valence-corrected chi connectivity index (χ1v) is 6.20. The predicted octanol–water partition coefficient (Wildman–Crippen LogP) is 2.45. The predicted molar refractivity (Wildman–Crippen MR) is 57.2 cm³/mol. The molecular formula is C10H20NOS+. The average molecular weight is 202 g/mol. The standard InChI is InChI=1S/C10H20NOS/c1-11(2,13-3)10(12)9-7-5-4-6-8-9/h9H,4-8H2,1-3H3/q+1. The van der Waals surface area contributed by atoms with Crippen molar-refractivity contribution in [1.29, 1.82) is 0 Å². The number of carbonyl (C=O) groups is 1. The van der Waals surface area contributed by atoms with Crippen LogP contribution in [0.1, 0.15) is 32.1 Å². The molecule has 1 aliphatic rings. The number of amides is 1. The van der Waals surface area contributed by atoms with Gasteiger partial charge in [-0.15, -0.1) is 0 Å². The highest BCUT2D eigenvalue weighted by Crippen LogP contribution is 2.29. The molecule has 2 nitrogen and oxygen atoms in total. The normalized spacial score (nSPS) is 20.2. The van der Waals surface area contributed by atoms with E-state index in [1.165, 1.54) is 19.3 Å². The summed E-state index contributed by atoms with van der Waals surface area (Å²) < 4.78 is 0.477. The highest BCUT2D eigenvalue weighted by molar-refractivity contribution is 7.93. The van der Waals surface area contributed by atoms with Gasteiger partial charge >= 0.3 is 5.91 Å². The lowest BCUT2D eigenvalue weighted by molar-refractivity contribution is -0.670. The van der Waals surface area contributed by atoms with E-state index in [-0.39, 0.29) is 0 Å². The molecule has 0 aromatic heterocycles. The molecule has 0 aromatic carbocycles. The first-order chi connectivity index (χ1) is 6.08. The summed E-state index contributed by atoms with van der Waals surface area (Å²) in [5, 5.41) is 0. The molecule has 0 saturated heterocycles. The van der Waals surface area contributed by atoms with Gasteiger partial charge in [0.15, 0.2) is 0 Å². The lowest BCUT2D eigenvalue weighted by Gasteiger charge is -2.28. The minimum absolute atomic E-state index is 0.330. The topological polar surface area (TPSA) is 17.1 Å². The van der Waals surface area contributed by atoms with E-state index in [2.05, 4.69) is 0 Å². The SMILES string of the molecule is CS[N+](C)(C)C(=O)C1CCCCC1. The third-order valence-electron chi connectivity index (χ3n) is 2.94. The Morgan fingerprint density at radius 3 is 2.23 bits per heavy atom. The molecule has 1 saturated carbocycles. The van der Waals surface area contributed by atoms with Crippen LogP contribution in [0.3, 0.4) is 0 Å². The van der Waals surface area contributed by atoms with Crippen molar-refractivity contribution in [3.8, 4) is 0 Å². The molecule has 0 atom stereocenters. The van der Waals surface area contributed by atoms with E-state index in [1.807, 2.05) is 20.4 Å². The van der Waals surface area contributed by atoms with E-state index in [0.29, 0.717) is 15.7 Å². The van der Waals surface area contributed by atoms with Crippen molar-refractivity contribution in [2.45, 2.75) is 32.1 Å². The fourth-order valence-corrected chi connectivity index (χ4v) is 2.21. The Kier molecular flexibility index (Phi) is 3.80. The fraction of sp³-hybridized carbons (Fsp3) is 0.900. The van der Waals surface area contributed by atoms with Gasteiger partial charge in [-0.05, 0) is 12.8 Å². The van der Waals surface area contributed by atoms with Crippen LogP contribution in [0.4, 0.5) is 0 Å². The molecule has 1 fully saturated rings. The van der Waals surface area contributed by atoms with Crippen LogP contribution in [0.5, 0.6) is 0 Å². The second kappa shape index (κ2) is 4.47. The van der Waals surface area contributed by atoms with Gasteiger partial charge < -0.3 is 0 Å². The van der Waals surface area contributed by atoms with Crippen LogP contribution in [-0.2, 0) is 4.79 Å². The van der Waals surface area contributed by atoms with Gasteiger partial charge in [0.05, 0.1) is 32.0 Å². The summed E-state index contributed by atoms with van der Waals surface area (Å²) in [5.74, 6) is 0.739. The molecule has 13 heavy (non-hydrogen) atoms. The minimum Gasteiger partial charge on any atom is -0.229 e. The lowest BCUT2D eigenvalue weighted by Crippen LogP contribution is -2.43. The number of carbonyl (C=O) groups excluding carboxylic acids is 1. The largest absolute Gasteiger partial charge is 0.327 e. The van der Waals surface area contributed by atoms with E-state index in [1.54, 1.807) is 11.9 Å². The summed E-state index contributed by atoms with van der Waals surface area (Å²) in [5.41, 5.74) is 0. The first kappa shape index (κ1) is 11.1. The highest BCUT2D eigenvalue weighted by atomic mass is 32.2. The zero-order valence-electron chi connectivity index (χ0n) is 8.88. The van der Waals surface area contributed by atoms with Gasteiger partial charge in [-0.25, -0.2) is 8.68 Å². The lowest BCUT2D eigenvalue weighted by atomic mass is 9.88. The molecule has 0 aromatic rings. The molecule has 0 bridgehead atoms. The molecule has 0 radical (unpaired) electrons. The minimum atomic E-state index is 0.330. The van der Waals surface area contributed by atoms with Gasteiger partial charge in [-0.2, -0.15) is 0 Å². The van der Waals surface area contributed by atoms with E-state index in [0.717, 1.165) is 12.8 Å². The Labute approximate surface area is 85.4 Å². The maximum absolute atomic E-state index is 12.0. The summed E-state index contributed by atoms with van der Waals surface area (Å²) in [6, 6.07) is 0. The van der Waals surface area contributed by atoms with Crippen molar-refractivity contribution in [3.63, 3.8) is 0 Å². The molecule has 0 unspecified atom stereocenters. The van der Waals surface area contributed by atoms with Gasteiger partial charge in [-0.1, -0.05) is 19.3 Å². The first-order valence-electron chi connectivity index (χ1n) is 5.02. The second-order valence-corrected chi connectivity index (χ2v) is 5.48. The van der Waals surface area contributed by atoms with Crippen molar-refractivity contribution in [2.24, 2.45) is 5.92 Å². The summed E-state index contributed by atoms with van der Waals surface area (Å²) in [6.45, 7) is 0. The quantitative estimate of drug-likeness (QED) is 0.505. The molecule has 0 spiro atoms. The van der Waals surface area contributed by atoms with Crippen LogP contribution in [0.2, 0.25) is 0 Å². The molecule has 3 heteroatoms. The van der Waals surface area contributed by atoms with Crippen LogP contribution in [0.15, 0.2) is 0 Å². The second-order valence-electron chi connectivity index (χ2n) is 4.21. The summed E-state index contributed by atoms with van der Waals surface area (Å²) in [4.78, 5) is 12.0. The van der Waals surface area contributed by atoms with Crippen LogP contribution < -0.4 is 0 Å². The molecule has 0 heterocycles. The van der Waals surface area contributed by atoms with E-state index in [4.69, 9.17) is 0 Å². The molecule has 0 N–H and O–H groups in total. The van der Waals surface area contributed by atoms with Crippen LogP contribution >= 0.6 is 11.9 Å². The van der Waals surface area contributed by atoms with Crippen molar-refractivity contribution >= 4 is 17.9 Å². The van der Waals surface area contributed by atoms with E-state index >= 15 is 0 Å². The van der Waals surface area contributed by atoms with Crippen molar-refractivity contribution in [3.05, 3.63) is 0 Å². The molecule has 1 aliphatic carbocycles. The molecule has 1 amide bonds. The Hall–Kier alpha value is -0.0200. The zero-order valence-corrected chi connectivity index (χ0v) is 9.69. The van der Waals surface area contributed by atoms with Gasteiger partial charge in [0, 0.05) is 6.26 Å². The smallest absolute Gasteiger partial charge is 0.229 e. The molecule has 1 rings (SSSR count). The van der Waals surface area contributed by atoms with Crippen molar-refractivity contribution in [2.75, 3.05) is 20.4 Å². The Morgan fingerprint density at radius 1 is 1.23 bits per heavy atom. The van der Waals surface area contributed by atoms with Crippen LogP contribution in [0.25, 0.3) is 0 Å². The molecule has 0 aliphatic heterocycles. The maximum atomic E-state index is 12.0. The van der Waals surface area contributed by atoms with Crippen LogP contribution in [0, 0.1) is 5.92 Å². The third-order valence-corrected chi connectivity index (χ3v) is 4.03. The summed E-state index contributed by atoms with van der Waals surface area (Å²) in [6.07, 6.45) is 8.02. The van der Waals surface area contributed by atoms with Gasteiger partial charge in [0.25, 0.3) is 0 Å². The van der Waals surface area contributed by atoms with E-state index in [9.17, 15) is 4.79 Å². The van der Waals surface area contributed by atoms with Gasteiger partial charge in [-0.3, -0.25) is 0 Å². The van der Waals surface area contributed by atoms with Gasteiger partial charge in [0.1, 0.15) is 0 Å². The van der Waals surface area contributed by atoms with Gasteiger partial charge in [0.2, 0.25) is 0 Å². The number of rotatable bonds is 2. The summed E-state index contributed by atoms with van der Waals surface area (Å²) >= 11 is 1.62. The fourth-order valence-electron chi connectivity index (χ4n) is 1.88. The monoisotopic (exact) mass is 202 g/mol. The Bertz CT molecular complexity index is 185. The Balaban J connectivity index is 2.55. The number of nitrogens with zero attached hydrogens (tertiary/aromatic N) is 1. The number of hydrogen-bond donors (Lipinski definition) is 0. The van der Waals surface area contributed by atoms with E-state index < -0.39 is 0 Å². The number of quaternary nitrogens is 1. The average Bonchev–Trinajstić information content (AvgIpc) is 2.18. The molecular weight excluding hydrogens is 182 g/mol. The van der Waals surface area contributed by atoms with Crippen molar-refractivity contribution < 1.29 is 8.68 Å².